The molecule has 1 aromatic heterocycles. The normalized spacial score (nSPS) is 15.4. The second-order valence-electron chi connectivity index (χ2n) is 6.59. The number of carbonyl (C=O) groups is 1. The molecule has 4 nitrogen and oxygen atoms in total. The number of alkyl halides is 3. The van der Waals surface area contributed by atoms with Gasteiger partial charge in [0.25, 0.3) is 0 Å². The van der Waals surface area contributed by atoms with Crippen LogP contribution in [0.2, 0.25) is 5.02 Å². The maximum atomic E-state index is 13.1. The van der Waals surface area contributed by atoms with Gasteiger partial charge in [-0.15, -0.1) is 0 Å². The fourth-order valence-electron chi connectivity index (χ4n) is 2.42. The van der Waals surface area contributed by atoms with Gasteiger partial charge in [-0.05, 0) is 43.2 Å². The van der Waals surface area contributed by atoms with Gasteiger partial charge in [-0.3, -0.25) is 9.78 Å². The third-order valence-electron chi connectivity index (χ3n) is 4.37. The molecule has 3 rings (SSSR count). The first-order chi connectivity index (χ1) is 12.2. The second-order valence-corrected chi connectivity index (χ2v) is 7.03. The van der Waals surface area contributed by atoms with Crippen molar-refractivity contribution in [3.8, 4) is 0 Å². The number of carbonyl (C=O) groups excluding carboxylic acids is 1. The van der Waals surface area contributed by atoms with Gasteiger partial charge in [0.1, 0.15) is 0 Å². The van der Waals surface area contributed by atoms with Crippen molar-refractivity contribution >= 4 is 28.9 Å². The van der Waals surface area contributed by atoms with E-state index in [9.17, 15) is 18.0 Å². The number of halogens is 4. The fourth-order valence-corrected chi connectivity index (χ4v) is 2.59. The molecular formula is C18H17ClF3N3O. The molecule has 0 unspecified atom stereocenters. The number of nitrogens with zero attached hydrogens (tertiary/aromatic N) is 1. The van der Waals surface area contributed by atoms with Gasteiger partial charge in [-0.2, -0.15) is 13.2 Å². The minimum Gasteiger partial charge on any atom is -0.354 e. The predicted octanol–water partition coefficient (Wildman–Crippen LogP) is 4.91. The molecule has 1 aliphatic rings. The summed E-state index contributed by atoms with van der Waals surface area (Å²) in [5.74, 6) is -0.00233. The molecule has 2 N–H and O–H groups in total. The van der Waals surface area contributed by atoms with Gasteiger partial charge in [0.2, 0.25) is 5.91 Å². The van der Waals surface area contributed by atoms with E-state index in [1.165, 1.54) is 18.3 Å². The first-order valence-corrected chi connectivity index (χ1v) is 8.42. The van der Waals surface area contributed by atoms with E-state index in [1.54, 1.807) is 12.1 Å². The van der Waals surface area contributed by atoms with Crippen molar-refractivity contribution in [2.24, 2.45) is 5.41 Å². The van der Waals surface area contributed by atoms with Gasteiger partial charge >= 0.3 is 6.18 Å². The van der Waals surface area contributed by atoms with E-state index in [4.69, 9.17) is 11.6 Å². The standard InChI is InChI=1S/C18H17ClF3N3O/c1-17(6-7-17)16(26)24-9-12-3-4-13(10-23-12)25-15-5-2-11(19)8-14(15)18(20,21)22/h2-5,8,10,25H,6-7,9H2,1H3,(H,24,26). The van der Waals surface area contributed by atoms with E-state index in [0.717, 1.165) is 18.9 Å². The number of anilines is 2. The summed E-state index contributed by atoms with van der Waals surface area (Å²) >= 11 is 5.67. The Morgan fingerprint density at radius 1 is 1.27 bits per heavy atom. The monoisotopic (exact) mass is 383 g/mol. The summed E-state index contributed by atoms with van der Waals surface area (Å²) in [5.41, 5.74) is -0.183. The van der Waals surface area contributed by atoms with Crippen molar-refractivity contribution in [1.29, 1.82) is 0 Å². The highest BCUT2D eigenvalue weighted by Crippen LogP contribution is 2.45. The van der Waals surface area contributed by atoms with E-state index in [1.807, 2.05) is 6.92 Å². The molecule has 8 heteroatoms. The van der Waals surface area contributed by atoms with Gasteiger partial charge in [0.05, 0.1) is 35.4 Å². The van der Waals surface area contributed by atoms with Crippen LogP contribution in [-0.2, 0) is 17.5 Å². The molecule has 2 aromatic rings. The number of hydrogen-bond donors (Lipinski definition) is 2. The van der Waals surface area contributed by atoms with Gasteiger partial charge in [0.15, 0.2) is 0 Å². The molecular weight excluding hydrogens is 367 g/mol. The number of hydrogen-bond acceptors (Lipinski definition) is 3. The smallest absolute Gasteiger partial charge is 0.354 e. The lowest BCUT2D eigenvalue weighted by molar-refractivity contribution is -0.137. The predicted molar refractivity (Wildman–Crippen MR) is 93.2 cm³/mol. The SMILES string of the molecule is CC1(C(=O)NCc2ccc(Nc3ccc(Cl)cc3C(F)(F)F)cn2)CC1. The number of aromatic nitrogens is 1. The Morgan fingerprint density at radius 3 is 2.58 bits per heavy atom. The molecule has 1 fully saturated rings. The lowest BCUT2D eigenvalue weighted by atomic mass is 10.1. The van der Waals surface area contributed by atoms with Crippen molar-refractivity contribution in [2.75, 3.05) is 5.32 Å². The Kier molecular flexibility index (Phi) is 4.84. The van der Waals surface area contributed by atoms with Crippen LogP contribution in [0, 0.1) is 5.41 Å². The molecule has 1 aliphatic carbocycles. The summed E-state index contributed by atoms with van der Waals surface area (Å²) < 4.78 is 39.4. The van der Waals surface area contributed by atoms with Crippen LogP contribution in [0.15, 0.2) is 36.5 Å². The van der Waals surface area contributed by atoms with Gasteiger partial charge in [-0.25, -0.2) is 0 Å². The molecule has 1 heterocycles. The Labute approximate surface area is 153 Å². The van der Waals surface area contributed by atoms with Crippen LogP contribution in [0.4, 0.5) is 24.5 Å². The molecule has 0 saturated heterocycles. The zero-order chi connectivity index (χ0) is 18.9. The average molecular weight is 384 g/mol. The number of pyridine rings is 1. The summed E-state index contributed by atoms with van der Waals surface area (Å²) in [6.45, 7) is 2.19. The van der Waals surface area contributed by atoms with Gasteiger partial charge in [0, 0.05) is 10.4 Å². The minimum atomic E-state index is -4.52. The summed E-state index contributed by atoms with van der Waals surface area (Å²) in [4.78, 5) is 16.1. The highest BCUT2D eigenvalue weighted by molar-refractivity contribution is 6.30. The third-order valence-corrected chi connectivity index (χ3v) is 4.60. The zero-order valence-electron chi connectivity index (χ0n) is 14.0. The Balaban J connectivity index is 1.67. The summed E-state index contributed by atoms with van der Waals surface area (Å²) in [5, 5.41) is 5.54. The Morgan fingerprint density at radius 2 is 2.00 bits per heavy atom. The molecule has 1 saturated carbocycles. The second kappa shape index (κ2) is 6.79. The number of rotatable bonds is 5. The molecule has 1 aromatic carbocycles. The van der Waals surface area contributed by atoms with E-state index in [0.29, 0.717) is 11.4 Å². The van der Waals surface area contributed by atoms with Crippen molar-refractivity contribution < 1.29 is 18.0 Å². The largest absolute Gasteiger partial charge is 0.418 e. The lowest BCUT2D eigenvalue weighted by Crippen LogP contribution is -2.30. The number of nitrogens with one attached hydrogen (secondary N) is 2. The van der Waals surface area contributed by atoms with Crippen LogP contribution in [0.1, 0.15) is 31.0 Å². The van der Waals surface area contributed by atoms with Crippen LogP contribution in [-0.4, -0.2) is 10.9 Å². The first-order valence-electron chi connectivity index (χ1n) is 8.04. The number of benzene rings is 1. The van der Waals surface area contributed by atoms with Crippen molar-refractivity contribution in [2.45, 2.75) is 32.5 Å². The Bertz CT molecular complexity index is 817. The van der Waals surface area contributed by atoms with Crippen LogP contribution >= 0.6 is 11.6 Å². The van der Waals surface area contributed by atoms with Gasteiger partial charge < -0.3 is 10.6 Å². The summed E-state index contributed by atoms with van der Waals surface area (Å²) in [7, 11) is 0. The van der Waals surface area contributed by atoms with Crippen molar-refractivity contribution in [3.05, 3.63) is 52.8 Å². The van der Waals surface area contributed by atoms with Crippen LogP contribution in [0.5, 0.6) is 0 Å². The molecule has 1 amide bonds. The third kappa shape index (κ3) is 4.27. The maximum Gasteiger partial charge on any atom is 0.418 e. The van der Waals surface area contributed by atoms with E-state index >= 15 is 0 Å². The average Bonchev–Trinajstić information content (AvgIpc) is 3.33. The summed E-state index contributed by atoms with van der Waals surface area (Å²) in [6.07, 6.45) is -1.33. The van der Waals surface area contributed by atoms with E-state index in [2.05, 4.69) is 15.6 Å². The lowest BCUT2D eigenvalue weighted by Gasteiger charge is -2.15. The topological polar surface area (TPSA) is 54.0 Å². The molecule has 26 heavy (non-hydrogen) atoms. The first kappa shape index (κ1) is 18.5. The van der Waals surface area contributed by atoms with E-state index in [-0.39, 0.29) is 28.6 Å². The zero-order valence-corrected chi connectivity index (χ0v) is 14.7. The highest BCUT2D eigenvalue weighted by atomic mass is 35.5. The van der Waals surface area contributed by atoms with E-state index < -0.39 is 11.7 Å². The molecule has 138 valence electrons. The van der Waals surface area contributed by atoms with Crippen LogP contribution in [0.25, 0.3) is 0 Å². The highest BCUT2D eigenvalue weighted by Gasteiger charge is 2.44. The van der Waals surface area contributed by atoms with Crippen molar-refractivity contribution in [3.63, 3.8) is 0 Å². The van der Waals surface area contributed by atoms with Crippen LogP contribution in [0.3, 0.4) is 0 Å². The maximum absolute atomic E-state index is 13.1. The Hall–Kier alpha value is -2.28. The quantitative estimate of drug-likeness (QED) is 0.771. The van der Waals surface area contributed by atoms with Gasteiger partial charge in [-0.1, -0.05) is 18.5 Å². The molecule has 0 aliphatic heterocycles. The molecule has 0 spiro atoms. The summed E-state index contributed by atoms with van der Waals surface area (Å²) in [6, 6.07) is 6.80. The fraction of sp³-hybridized carbons (Fsp3) is 0.333. The minimum absolute atomic E-state index is 0.00233. The molecule has 0 radical (unpaired) electrons. The van der Waals surface area contributed by atoms with Crippen molar-refractivity contribution in [1.82, 2.24) is 10.3 Å². The van der Waals surface area contributed by atoms with Crippen LogP contribution < -0.4 is 10.6 Å². The molecule has 0 bridgehead atoms. The number of amides is 1. The molecule has 0 atom stereocenters.